The Morgan fingerprint density at radius 2 is 2.05 bits per heavy atom. The van der Waals surface area contributed by atoms with Gasteiger partial charge in [0.15, 0.2) is 0 Å². The highest BCUT2D eigenvalue weighted by Crippen LogP contribution is 2.15. The van der Waals surface area contributed by atoms with Crippen LogP contribution in [0.15, 0.2) is 12.1 Å². The SMILES string of the molecule is COCCC(C)(O)CNC(=O)c1cc(Cl)nc(Cl)c1. The lowest BCUT2D eigenvalue weighted by atomic mass is 10.0. The van der Waals surface area contributed by atoms with Gasteiger partial charge in [0.25, 0.3) is 5.91 Å². The van der Waals surface area contributed by atoms with Crippen molar-refractivity contribution in [1.82, 2.24) is 10.3 Å². The molecule has 1 aromatic heterocycles. The number of aliphatic hydroxyl groups is 1. The molecule has 0 saturated heterocycles. The Kier molecular flexibility index (Phi) is 6.00. The highest BCUT2D eigenvalue weighted by molar-refractivity contribution is 6.33. The van der Waals surface area contributed by atoms with Crippen LogP contribution in [0.25, 0.3) is 0 Å². The summed E-state index contributed by atoms with van der Waals surface area (Å²) in [7, 11) is 1.55. The first-order valence-corrected chi connectivity index (χ1v) is 6.42. The number of hydrogen-bond donors (Lipinski definition) is 2. The third-order valence-electron chi connectivity index (χ3n) is 2.50. The zero-order valence-corrected chi connectivity index (χ0v) is 12.3. The standard InChI is InChI=1S/C12H16Cl2N2O3/c1-12(18,3-4-19-2)7-15-11(17)8-5-9(13)16-10(14)6-8/h5-6,18H,3-4,7H2,1-2H3,(H,15,17). The monoisotopic (exact) mass is 306 g/mol. The van der Waals surface area contributed by atoms with Crippen LogP contribution in [-0.4, -0.2) is 41.9 Å². The fourth-order valence-electron chi connectivity index (χ4n) is 1.38. The molecule has 0 aliphatic heterocycles. The van der Waals surface area contributed by atoms with Crippen molar-refractivity contribution in [1.29, 1.82) is 0 Å². The van der Waals surface area contributed by atoms with Crippen LogP contribution in [0.2, 0.25) is 10.3 Å². The number of aromatic nitrogens is 1. The summed E-state index contributed by atoms with van der Waals surface area (Å²) in [5, 5.41) is 12.9. The number of rotatable bonds is 6. The average Bonchev–Trinajstić information content (AvgIpc) is 2.32. The lowest BCUT2D eigenvalue weighted by Gasteiger charge is -2.23. The van der Waals surface area contributed by atoms with Gasteiger partial charge in [0.1, 0.15) is 10.3 Å². The minimum Gasteiger partial charge on any atom is -0.388 e. The first-order chi connectivity index (χ1) is 8.84. The first kappa shape index (κ1) is 16.2. The van der Waals surface area contributed by atoms with Gasteiger partial charge in [-0.15, -0.1) is 0 Å². The maximum Gasteiger partial charge on any atom is 0.251 e. The van der Waals surface area contributed by atoms with Crippen LogP contribution in [0, 0.1) is 0 Å². The Hall–Kier alpha value is -0.880. The lowest BCUT2D eigenvalue weighted by molar-refractivity contribution is 0.0243. The van der Waals surface area contributed by atoms with E-state index in [1.54, 1.807) is 14.0 Å². The molecule has 0 radical (unpaired) electrons. The Labute approximate surface area is 121 Å². The molecule has 0 bridgehead atoms. The van der Waals surface area contributed by atoms with Gasteiger partial charge in [-0.3, -0.25) is 4.79 Å². The van der Waals surface area contributed by atoms with Gasteiger partial charge in [-0.25, -0.2) is 4.98 Å². The van der Waals surface area contributed by atoms with E-state index in [-0.39, 0.29) is 22.8 Å². The van der Waals surface area contributed by atoms with Crippen molar-refractivity contribution in [3.8, 4) is 0 Å². The van der Waals surface area contributed by atoms with Gasteiger partial charge in [-0.1, -0.05) is 23.2 Å². The minimum absolute atomic E-state index is 0.104. The molecule has 0 aliphatic carbocycles. The van der Waals surface area contributed by atoms with E-state index in [4.69, 9.17) is 27.9 Å². The van der Waals surface area contributed by atoms with E-state index in [2.05, 4.69) is 10.3 Å². The molecule has 1 heterocycles. The molecule has 1 unspecified atom stereocenters. The molecule has 1 atom stereocenters. The number of methoxy groups -OCH3 is 1. The predicted octanol–water partition coefficient (Wildman–Crippen LogP) is 1.91. The van der Waals surface area contributed by atoms with Crippen LogP contribution in [0.4, 0.5) is 0 Å². The Morgan fingerprint density at radius 1 is 1.47 bits per heavy atom. The molecule has 1 rings (SSSR count). The number of carbonyl (C=O) groups is 1. The van der Waals surface area contributed by atoms with E-state index in [1.165, 1.54) is 12.1 Å². The molecular formula is C12H16Cl2N2O3. The van der Waals surface area contributed by atoms with Crippen molar-refractivity contribution >= 4 is 29.1 Å². The summed E-state index contributed by atoms with van der Waals surface area (Å²) in [6.07, 6.45) is 0.418. The van der Waals surface area contributed by atoms with Crippen LogP contribution in [-0.2, 0) is 4.74 Å². The van der Waals surface area contributed by atoms with Gasteiger partial charge in [0.2, 0.25) is 0 Å². The Balaban J connectivity index is 2.60. The molecule has 5 nitrogen and oxygen atoms in total. The molecule has 2 N–H and O–H groups in total. The second-order valence-electron chi connectivity index (χ2n) is 4.42. The molecule has 0 aromatic carbocycles. The highest BCUT2D eigenvalue weighted by Gasteiger charge is 2.21. The van der Waals surface area contributed by atoms with E-state index in [0.717, 1.165) is 0 Å². The Bertz CT molecular complexity index is 432. The average molecular weight is 307 g/mol. The van der Waals surface area contributed by atoms with E-state index >= 15 is 0 Å². The fourth-order valence-corrected chi connectivity index (χ4v) is 1.84. The second kappa shape index (κ2) is 7.05. The number of halogens is 2. The van der Waals surface area contributed by atoms with Crippen molar-refractivity contribution in [3.05, 3.63) is 28.0 Å². The van der Waals surface area contributed by atoms with Gasteiger partial charge in [0.05, 0.1) is 5.60 Å². The van der Waals surface area contributed by atoms with E-state index in [0.29, 0.717) is 18.6 Å². The van der Waals surface area contributed by atoms with Gasteiger partial charge < -0.3 is 15.2 Å². The van der Waals surface area contributed by atoms with Crippen molar-refractivity contribution < 1.29 is 14.6 Å². The third-order valence-corrected chi connectivity index (χ3v) is 2.89. The van der Waals surface area contributed by atoms with Crippen LogP contribution in [0.1, 0.15) is 23.7 Å². The van der Waals surface area contributed by atoms with Crippen molar-refractivity contribution in [2.45, 2.75) is 18.9 Å². The van der Waals surface area contributed by atoms with E-state index in [9.17, 15) is 9.90 Å². The van der Waals surface area contributed by atoms with Crippen LogP contribution in [0.3, 0.4) is 0 Å². The molecule has 1 aromatic rings. The summed E-state index contributed by atoms with van der Waals surface area (Å²) in [6, 6.07) is 2.82. The molecule has 0 aliphatic rings. The quantitative estimate of drug-likeness (QED) is 0.788. The highest BCUT2D eigenvalue weighted by atomic mass is 35.5. The van der Waals surface area contributed by atoms with Crippen LogP contribution >= 0.6 is 23.2 Å². The summed E-state index contributed by atoms with van der Waals surface area (Å²) in [6.45, 7) is 2.14. The van der Waals surface area contributed by atoms with Gasteiger partial charge in [-0.05, 0) is 19.1 Å². The van der Waals surface area contributed by atoms with Crippen molar-refractivity contribution in [2.24, 2.45) is 0 Å². The number of pyridine rings is 1. The number of carbonyl (C=O) groups excluding carboxylic acids is 1. The summed E-state index contributed by atoms with van der Waals surface area (Å²) in [5.41, 5.74) is -0.737. The smallest absolute Gasteiger partial charge is 0.251 e. The normalized spacial score (nSPS) is 13.9. The maximum absolute atomic E-state index is 11.9. The van der Waals surface area contributed by atoms with Gasteiger partial charge >= 0.3 is 0 Å². The number of amides is 1. The molecule has 106 valence electrons. The zero-order chi connectivity index (χ0) is 14.5. The van der Waals surface area contributed by atoms with Crippen LogP contribution < -0.4 is 5.32 Å². The number of ether oxygens (including phenoxy) is 1. The van der Waals surface area contributed by atoms with Crippen molar-refractivity contribution in [3.63, 3.8) is 0 Å². The molecule has 1 amide bonds. The van der Waals surface area contributed by atoms with E-state index < -0.39 is 5.60 Å². The fraction of sp³-hybridized carbons (Fsp3) is 0.500. The van der Waals surface area contributed by atoms with E-state index in [1.807, 2.05) is 0 Å². The number of nitrogens with zero attached hydrogens (tertiary/aromatic N) is 1. The summed E-state index contributed by atoms with van der Waals surface area (Å²) in [5.74, 6) is -0.371. The molecule has 0 fully saturated rings. The molecular weight excluding hydrogens is 291 g/mol. The predicted molar refractivity (Wildman–Crippen MR) is 73.7 cm³/mol. The summed E-state index contributed by atoms with van der Waals surface area (Å²) >= 11 is 11.4. The maximum atomic E-state index is 11.9. The largest absolute Gasteiger partial charge is 0.388 e. The van der Waals surface area contributed by atoms with Crippen LogP contribution in [0.5, 0.6) is 0 Å². The Morgan fingerprint density at radius 3 is 2.58 bits per heavy atom. The van der Waals surface area contributed by atoms with Gasteiger partial charge in [-0.2, -0.15) is 0 Å². The number of nitrogens with one attached hydrogen (secondary N) is 1. The zero-order valence-electron chi connectivity index (χ0n) is 10.7. The minimum atomic E-state index is -1.04. The number of hydrogen-bond acceptors (Lipinski definition) is 4. The van der Waals surface area contributed by atoms with Crippen molar-refractivity contribution in [2.75, 3.05) is 20.3 Å². The second-order valence-corrected chi connectivity index (χ2v) is 5.20. The molecule has 19 heavy (non-hydrogen) atoms. The summed E-state index contributed by atoms with van der Waals surface area (Å²) in [4.78, 5) is 15.6. The first-order valence-electron chi connectivity index (χ1n) is 5.67. The third kappa shape index (κ3) is 5.74. The molecule has 7 heteroatoms. The molecule has 0 saturated carbocycles. The summed E-state index contributed by atoms with van der Waals surface area (Å²) < 4.78 is 4.88. The molecule has 0 spiro atoms. The topological polar surface area (TPSA) is 71.5 Å². The van der Waals surface area contributed by atoms with Gasteiger partial charge in [0, 0.05) is 32.2 Å². The lowest BCUT2D eigenvalue weighted by Crippen LogP contribution is -2.41.